The zero-order chi connectivity index (χ0) is 19.9. The molecule has 0 radical (unpaired) electrons. The molecule has 28 heavy (non-hydrogen) atoms. The third-order valence-corrected chi connectivity index (χ3v) is 5.56. The van der Waals surface area contributed by atoms with Crippen LogP contribution >= 0.6 is 0 Å². The summed E-state index contributed by atoms with van der Waals surface area (Å²) in [6.45, 7) is 10.7. The molecule has 1 atom stereocenters. The number of hydrogen-bond acceptors (Lipinski definition) is 4. The summed E-state index contributed by atoms with van der Waals surface area (Å²) >= 11 is 0. The van der Waals surface area contributed by atoms with E-state index in [-0.39, 0.29) is 6.04 Å². The molecule has 3 rings (SSSR count). The molecule has 2 aromatic rings. The van der Waals surface area contributed by atoms with Gasteiger partial charge in [-0.15, -0.1) is 0 Å². The van der Waals surface area contributed by atoms with Gasteiger partial charge in [-0.3, -0.25) is 9.58 Å². The molecular formula is C21H34N6O. The van der Waals surface area contributed by atoms with Gasteiger partial charge in [-0.2, -0.15) is 5.10 Å². The molecular weight excluding hydrogens is 352 g/mol. The lowest BCUT2D eigenvalue weighted by Crippen LogP contribution is -2.44. The summed E-state index contributed by atoms with van der Waals surface area (Å²) < 4.78 is 7.67. The molecule has 1 aliphatic rings. The molecule has 0 spiro atoms. The number of piperidine rings is 1. The maximum absolute atomic E-state index is 5.75. The van der Waals surface area contributed by atoms with Gasteiger partial charge in [0.25, 0.3) is 0 Å². The van der Waals surface area contributed by atoms with Crippen LogP contribution in [0.1, 0.15) is 54.9 Å². The Morgan fingerprint density at radius 2 is 2.04 bits per heavy atom. The van der Waals surface area contributed by atoms with Crippen LogP contribution in [0.5, 0.6) is 0 Å². The molecule has 0 bridgehead atoms. The van der Waals surface area contributed by atoms with E-state index in [0.717, 1.165) is 43.6 Å². The van der Waals surface area contributed by atoms with Crippen LogP contribution in [0.2, 0.25) is 0 Å². The van der Waals surface area contributed by atoms with Gasteiger partial charge in [-0.05, 0) is 58.8 Å². The van der Waals surface area contributed by atoms with Crippen molar-refractivity contribution in [2.75, 3.05) is 26.2 Å². The minimum Gasteiger partial charge on any atom is -0.468 e. The molecule has 0 aliphatic carbocycles. The molecule has 0 aromatic carbocycles. The Labute approximate surface area is 168 Å². The van der Waals surface area contributed by atoms with E-state index in [2.05, 4.69) is 40.5 Å². The van der Waals surface area contributed by atoms with E-state index in [9.17, 15) is 0 Å². The maximum Gasteiger partial charge on any atom is 0.191 e. The minimum atomic E-state index is 0.223. The molecule has 2 aromatic heterocycles. The zero-order valence-electron chi connectivity index (χ0n) is 17.7. The summed E-state index contributed by atoms with van der Waals surface area (Å²) in [5.74, 6) is 1.85. The van der Waals surface area contributed by atoms with Crippen LogP contribution in [0.25, 0.3) is 0 Å². The van der Waals surface area contributed by atoms with Gasteiger partial charge in [0.05, 0.1) is 24.5 Å². The summed E-state index contributed by atoms with van der Waals surface area (Å²) in [6.07, 6.45) is 5.60. The van der Waals surface area contributed by atoms with E-state index in [4.69, 9.17) is 9.41 Å². The molecule has 2 N–H and O–H groups in total. The van der Waals surface area contributed by atoms with Crippen molar-refractivity contribution in [2.24, 2.45) is 12.0 Å². The topological polar surface area (TPSA) is 70.6 Å². The lowest BCUT2D eigenvalue weighted by Gasteiger charge is -2.33. The molecule has 7 nitrogen and oxygen atoms in total. The fourth-order valence-corrected chi connectivity index (χ4v) is 3.86. The predicted octanol–water partition coefficient (Wildman–Crippen LogP) is 2.91. The molecule has 0 saturated carbocycles. The van der Waals surface area contributed by atoms with Crippen LogP contribution in [0.15, 0.2) is 27.8 Å². The first-order valence-corrected chi connectivity index (χ1v) is 10.4. The largest absolute Gasteiger partial charge is 0.468 e. The van der Waals surface area contributed by atoms with Gasteiger partial charge in [0, 0.05) is 31.4 Å². The second-order valence-corrected chi connectivity index (χ2v) is 7.48. The van der Waals surface area contributed by atoms with E-state index >= 15 is 0 Å². The highest BCUT2D eigenvalue weighted by Crippen LogP contribution is 2.24. The SMILES string of the molecule is CCNC(=NCc1c(C)nn(C)c1C)NCC(c1ccco1)N1CCCCC1. The molecule has 1 saturated heterocycles. The van der Waals surface area contributed by atoms with E-state index < -0.39 is 0 Å². The second-order valence-electron chi connectivity index (χ2n) is 7.48. The number of likely N-dealkylation sites (tertiary alicyclic amines) is 1. The molecule has 1 aliphatic heterocycles. The number of rotatable bonds is 7. The smallest absolute Gasteiger partial charge is 0.191 e. The molecule has 0 amide bonds. The Balaban J connectivity index is 1.69. The number of hydrogen-bond donors (Lipinski definition) is 2. The van der Waals surface area contributed by atoms with Gasteiger partial charge in [-0.25, -0.2) is 4.99 Å². The molecule has 1 fully saturated rings. The first kappa shape index (κ1) is 20.5. The number of nitrogens with one attached hydrogen (secondary N) is 2. The third kappa shape index (κ3) is 4.95. The molecule has 7 heteroatoms. The fraction of sp³-hybridized carbons (Fsp3) is 0.619. The monoisotopic (exact) mass is 386 g/mol. The number of aliphatic imine (C=N–C) groups is 1. The van der Waals surface area contributed by atoms with Crippen molar-refractivity contribution in [1.82, 2.24) is 25.3 Å². The van der Waals surface area contributed by atoms with Gasteiger partial charge >= 0.3 is 0 Å². The Hall–Kier alpha value is -2.28. The Morgan fingerprint density at radius 3 is 2.64 bits per heavy atom. The van der Waals surface area contributed by atoms with Gasteiger partial charge in [-0.1, -0.05) is 6.42 Å². The lowest BCUT2D eigenvalue weighted by molar-refractivity contribution is 0.146. The zero-order valence-corrected chi connectivity index (χ0v) is 17.7. The average Bonchev–Trinajstić information content (AvgIpc) is 3.30. The van der Waals surface area contributed by atoms with Crippen molar-refractivity contribution in [2.45, 2.75) is 52.6 Å². The van der Waals surface area contributed by atoms with Crippen LogP contribution in [-0.4, -0.2) is 46.8 Å². The maximum atomic E-state index is 5.75. The van der Waals surface area contributed by atoms with Gasteiger partial charge in [0.2, 0.25) is 0 Å². The highest BCUT2D eigenvalue weighted by atomic mass is 16.3. The molecule has 154 valence electrons. The average molecular weight is 387 g/mol. The minimum absolute atomic E-state index is 0.223. The normalized spacial score (nSPS) is 16.9. The quantitative estimate of drug-likeness (QED) is 0.566. The van der Waals surface area contributed by atoms with Crippen LogP contribution in [0.4, 0.5) is 0 Å². The predicted molar refractivity (Wildman–Crippen MR) is 112 cm³/mol. The van der Waals surface area contributed by atoms with Gasteiger partial charge < -0.3 is 15.1 Å². The van der Waals surface area contributed by atoms with E-state index in [1.54, 1.807) is 6.26 Å². The van der Waals surface area contributed by atoms with Crippen LogP contribution in [0, 0.1) is 13.8 Å². The number of nitrogens with zero attached hydrogens (tertiary/aromatic N) is 4. The lowest BCUT2D eigenvalue weighted by atomic mass is 10.1. The Kier molecular flexibility index (Phi) is 7.14. The molecule has 1 unspecified atom stereocenters. The van der Waals surface area contributed by atoms with Crippen LogP contribution in [0.3, 0.4) is 0 Å². The number of aromatic nitrogens is 2. The van der Waals surface area contributed by atoms with Crippen molar-refractivity contribution in [3.63, 3.8) is 0 Å². The van der Waals surface area contributed by atoms with Gasteiger partial charge in [0.1, 0.15) is 5.76 Å². The summed E-state index contributed by atoms with van der Waals surface area (Å²) in [7, 11) is 1.98. The number of aryl methyl sites for hydroxylation is 2. The second kappa shape index (κ2) is 9.78. The van der Waals surface area contributed by atoms with Gasteiger partial charge in [0.15, 0.2) is 5.96 Å². The fourth-order valence-electron chi connectivity index (χ4n) is 3.86. The van der Waals surface area contributed by atoms with E-state index in [1.807, 2.05) is 24.7 Å². The van der Waals surface area contributed by atoms with Crippen molar-refractivity contribution in [3.8, 4) is 0 Å². The Bertz CT molecular complexity index is 758. The van der Waals surface area contributed by atoms with Crippen molar-refractivity contribution >= 4 is 5.96 Å². The van der Waals surface area contributed by atoms with Crippen LogP contribution in [-0.2, 0) is 13.6 Å². The molecule has 3 heterocycles. The van der Waals surface area contributed by atoms with E-state index in [1.165, 1.54) is 30.5 Å². The number of guanidine groups is 1. The first-order chi connectivity index (χ1) is 13.6. The highest BCUT2D eigenvalue weighted by Gasteiger charge is 2.24. The van der Waals surface area contributed by atoms with Crippen molar-refractivity contribution < 1.29 is 4.42 Å². The van der Waals surface area contributed by atoms with Crippen LogP contribution < -0.4 is 10.6 Å². The summed E-state index contributed by atoms with van der Waals surface area (Å²) in [5, 5.41) is 11.4. The third-order valence-electron chi connectivity index (χ3n) is 5.56. The van der Waals surface area contributed by atoms with Crippen molar-refractivity contribution in [3.05, 3.63) is 41.1 Å². The first-order valence-electron chi connectivity index (χ1n) is 10.4. The number of furan rings is 1. The van der Waals surface area contributed by atoms with Crippen molar-refractivity contribution in [1.29, 1.82) is 0 Å². The Morgan fingerprint density at radius 1 is 1.25 bits per heavy atom. The summed E-state index contributed by atoms with van der Waals surface area (Å²) in [5.41, 5.74) is 3.40. The standard InChI is InChI=1S/C21H34N6O/c1-5-22-21(23-14-18-16(2)25-26(4)17(18)3)24-15-19(20-10-9-13-28-20)27-11-7-6-8-12-27/h9-10,13,19H,5-8,11-12,14-15H2,1-4H3,(H2,22,23,24). The highest BCUT2D eigenvalue weighted by molar-refractivity contribution is 5.79. The van der Waals surface area contributed by atoms with E-state index in [0.29, 0.717) is 6.54 Å². The summed E-state index contributed by atoms with van der Waals surface area (Å²) in [6, 6.07) is 4.27. The summed E-state index contributed by atoms with van der Waals surface area (Å²) in [4.78, 5) is 7.33.